The van der Waals surface area contributed by atoms with Gasteiger partial charge in [0.2, 0.25) is 0 Å². The molecule has 4 nitrogen and oxygen atoms in total. The molecule has 1 saturated carbocycles. The monoisotopic (exact) mass is 274 g/mol. The molecule has 1 aromatic carbocycles. The summed E-state index contributed by atoms with van der Waals surface area (Å²) in [6.45, 7) is 2.16. The lowest BCUT2D eigenvalue weighted by molar-refractivity contribution is 0.111. The third kappa shape index (κ3) is 3.12. The Balaban J connectivity index is 1.43. The molecule has 2 amide bonds. The van der Waals surface area contributed by atoms with Gasteiger partial charge < -0.3 is 15.4 Å². The van der Waals surface area contributed by atoms with Crippen LogP contribution in [0.1, 0.15) is 31.2 Å². The zero-order chi connectivity index (χ0) is 13.8. The number of benzene rings is 1. The minimum atomic E-state index is -0.0808. The maximum absolute atomic E-state index is 11.8. The van der Waals surface area contributed by atoms with Gasteiger partial charge in [0.15, 0.2) is 0 Å². The second-order valence-corrected chi connectivity index (χ2v) is 5.84. The van der Waals surface area contributed by atoms with E-state index < -0.39 is 0 Å². The summed E-state index contributed by atoms with van der Waals surface area (Å²) in [6, 6.07) is 10.4. The summed E-state index contributed by atoms with van der Waals surface area (Å²) in [6.07, 6.45) is 4.66. The summed E-state index contributed by atoms with van der Waals surface area (Å²) in [5.74, 6) is 0. The van der Waals surface area contributed by atoms with Gasteiger partial charge >= 0.3 is 6.03 Å². The summed E-state index contributed by atoms with van der Waals surface area (Å²) in [5.41, 5.74) is 1.50. The van der Waals surface area contributed by atoms with E-state index in [1.165, 1.54) is 5.56 Å². The standard InChI is InChI=1S/C16H22N2O2/c19-15(17-11-14-7-4-10-20-14)18-12-16(8-9-16)13-5-2-1-3-6-13/h1-3,5-6,14H,4,7-12H2,(H2,17,18,19). The molecule has 1 aromatic rings. The zero-order valence-corrected chi connectivity index (χ0v) is 11.7. The van der Waals surface area contributed by atoms with Crippen molar-refractivity contribution in [1.82, 2.24) is 10.6 Å². The summed E-state index contributed by atoms with van der Waals surface area (Å²) >= 11 is 0. The van der Waals surface area contributed by atoms with Crippen LogP contribution < -0.4 is 10.6 Å². The highest BCUT2D eigenvalue weighted by Gasteiger charge is 2.44. The number of ether oxygens (including phenoxy) is 1. The molecule has 1 atom stereocenters. The van der Waals surface area contributed by atoms with Crippen molar-refractivity contribution >= 4 is 6.03 Å². The maximum atomic E-state index is 11.8. The minimum Gasteiger partial charge on any atom is -0.376 e. The van der Waals surface area contributed by atoms with Crippen LogP contribution in [0.3, 0.4) is 0 Å². The molecule has 0 bridgehead atoms. The number of amides is 2. The average Bonchev–Trinajstić information content (AvgIpc) is 3.11. The van der Waals surface area contributed by atoms with Gasteiger partial charge in [-0.3, -0.25) is 0 Å². The van der Waals surface area contributed by atoms with E-state index in [-0.39, 0.29) is 17.6 Å². The lowest BCUT2D eigenvalue weighted by Gasteiger charge is -2.17. The predicted molar refractivity (Wildman–Crippen MR) is 77.7 cm³/mol. The number of nitrogens with one attached hydrogen (secondary N) is 2. The molecule has 20 heavy (non-hydrogen) atoms. The lowest BCUT2D eigenvalue weighted by atomic mass is 9.96. The van der Waals surface area contributed by atoms with E-state index in [0.29, 0.717) is 13.1 Å². The summed E-state index contributed by atoms with van der Waals surface area (Å²) in [5, 5.41) is 5.90. The fourth-order valence-corrected chi connectivity index (χ4v) is 2.83. The van der Waals surface area contributed by atoms with Crippen molar-refractivity contribution in [3.8, 4) is 0 Å². The Morgan fingerprint density at radius 3 is 2.70 bits per heavy atom. The van der Waals surface area contributed by atoms with Gasteiger partial charge in [-0.15, -0.1) is 0 Å². The molecule has 4 heteroatoms. The number of carbonyl (C=O) groups excluding carboxylic acids is 1. The Morgan fingerprint density at radius 1 is 1.25 bits per heavy atom. The first-order valence-electron chi connectivity index (χ1n) is 7.47. The van der Waals surface area contributed by atoms with Gasteiger partial charge in [0.25, 0.3) is 0 Å². The number of urea groups is 1. The van der Waals surface area contributed by atoms with Crippen LogP contribution in [0.4, 0.5) is 4.79 Å². The van der Waals surface area contributed by atoms with Gasteiger partial charge in [0.1, 0.15) is 0 Å². The molecule has 1 heterocycles. The van der Waals surface area contributed by atoms with Crippen LogP contribution in [0.2, 0.25) is 0 Å². The molecule has 1 aliphatic carbocycles. The molecule has 0 aromatic heterocycles. The Kier molecular flexibility index (Phi) is 3.92. The van der Waals surface area contributed by atoms with Gasteiger partial charge in [-0.1, -0.05) is 30.3 Å². The van der Waals surface area contributed by atoms with Crippen molar-refractivity contribution < 1.29 is 9.53 Å². The molecule has 1 aliphatic heterocycles. The molecule has 3 rings (SSSR count). The zero-order valence-electron chi connectivity index (χ0n) is 11.7. The van der Waals surface area contributed by atoms with Gasteiger partial charge in [-0.2, -0.15) is 0 Å². The highest BCUT2D eigenvalue weighted by molar-refractivity contribution is 5.74. The van der Waals surface area contributed by atoms with Gasteiger partial charge in [-0.05, 0) is 31.2 Å². The molecular weight excluding hydrogens is 252 g/mol. The van der Waals surface area contributed by atoms with Crippen LogP contribution in [-0.4, -0.2) is 31.8 Å². The van der Waals surface area contributed by atoms with Crippen LogP contribution in [0.5, 0.6) is 0 Å². The Bertz CT molecular complexity index is 451. The fraction of sp³-hybridized carbons (Fsp3) is 0.562. The SMILES string of the molecule is O=C(NCC1CCCO1)NCC1(c2ccccc2)CC1. The number of rotatable bonds is 5. The third-order valence-electron chi connectivity index (χ3n) is 4.34. The van der Waals surface area contributed by atoms with E-state index in [1.54, 1.807) is 0 Å². The van der Waals surface area contributed by atoms with E-state index in [2.05, 4.69) is 34.9 Å². The van der Waals surface area contributed by atoms with Crippen LogP contribution in [0, 0.1) is 0 Å². The highest BCUT2D eigenvalue weighted by atomic mass is 16.5. The van der Waals surface area contributed by atoms with Gasteiger partial charge in [0.05, 0.1) is 6.10 Å². The van der Waals surface area contributed by atoms with Crippen LogP contribution in [-0.2, 0) is 10.2 Å². The van der Waals surface area contributed by atoms with Crippen molar-refractivity contribution in [1.29, 1.82) is 0 Å². The quantitative estimate of drug-likeness (QED) is 0.865. The van der Waals surface area contributed by atoms with E-state index in [1.807, 2.05) is 6.07 Å². The Morgan fingerprint density at radius 2 is 2.05 bits per heavy atom. The molecule has 2 N–H and O–H groups in total. The number of hydrogen-bond acceptors (Lipinski definition) is 2. The van der Waals surface area contributed by atoms with E-state index in [4.69, 9.17) is 4.74 Å². The number of hydrogen-bond donors (Lipinski definition) is 2. The third-order valence-corrected chi connectivity index (χ3v) is 4.34. The van der Waals surface area contributed by atoms with E-state index >= 15 is 0 Å². The fourth-order valence-electron chi connectivity index (χ4n) is 2.83. The van der Waals surface area contributed by atoms with E-state index in [0.717, 1.165) is 32.3 Å². The maximum Gasteiger partial charge on any atom is 0.314 e. The Labute approximate surface area is 119 Å². The largest absolute Gasteiger partial charge is 0.376 e. The van der Waals surface area contributed by atoms with Crippen molar-refractivity contribution in [2.24, 2.45) is 0 Å². The molecule has 108 valence electrons. The van der Waals surface area contributed by atoms with Crippen LogP contribution in [0.25, 0.3) is 0 Å². The van der Waals surface area contributed by atoms with Crippen molar-refractivity contribution in [2.45, 2.75) is 37.2 Å². The summed E-state index contributed by atoms with van der Waals surface area (Å²) in [7, 11) is 0. The van der Waals surface area contributed by atoms with Crippen LogP contribution >= 0.6 is 0 Å². The molecule has 0 spiro atoms. The van der Waals surface area contributed by atoms with Crippen LogP contribution in [0.15, 0.2) is 30.3 Å². The second kappa shape index (κ2) is 5.83. The first-order valence-corrected chi connectivity index (χ1v) is 7.47. The molecule has 1 saturated heterocycles. The average molecular weight is 274 g/mol. The topological polar surface area (TPSA) is 50.4 Å². The first kappa shape index (κ1) is 13.4. The molecule has 1 unspecified atom stereocenters. The lowest BCUT2D eigenvalue weighted by Crippen LogP contribution is -2.42. The van der Waals surface area contributed by atoms with Gasteiger partial charge in [-0.25, -0.2) is 4.79 Å². The molecule has 2 fully saturated rings. The normalized spacial score (nSPS) is 23.3. The highest BCUT2D eigenvalue weighted by Crippen LogP contribution is 2.47. The first-order chi connectivity index (χ1) is 9.78. The number of carbonyl (C=O) groups is 1. The van der Waals surface area contributed by atoms with Crippen molar-refractivity contribution in [3.05, 3.63) is 35.9 Å². The Hall–Kier alpha value is -1.55. The van der Waals surface area contributed by atoms with Crippen molar-refractivity contribution in [2.75, 3.05) is 19.7 Å². The summed E-state index contributed by atoms with van der Waals surface area (Å²) < 4.78 is 5.49. The second-order valence-electron chi connectivity index (χ2n) is 5.84. The summed E-state index contributed by atoms with van der Waals surface area (Å²) in [4.78, 5) is 11.8. The minimum absolute atomic E-state index is 0.0808. The molecule has 2 aliphatic rings. The molecular formula is C16H22N2O2. The predicted octanol–water partition coefficient (Wildman–Crippen LogP) is 2.20. The van der Waals surface area contributed by atoms with Gasteiger partial charge in [0, 0.05) is 25.1 Å². The molecule has 0 radical (unpaired) electrons. The van der Waals surface area contributed by atoms with Crippen molar-refractivity contribution in [3.63, 3.8) is 0 Å². The smallest absolute Gasteiger partial charge is 0.314 e. The van der Waals surface area contributed by atoms with E-state index in [9.17, 15) is 4.79 Å².